The largest absolute Gasteiger partial charge is 0.333 e. The van der Waals surface area contributed by atoms with Gasteiger partial charge in [-0.15, -0.1) is 11.8 Å². The number of imidazole rings is 1. The number of hydrogen-bond acceptors (Lipinski definition) is 5. The standard InChI is InChI=1S/C25H24FN5O3S/c1-2-28-16-27-22-21(28)23(33)31(25(34)30(22)14-17-8-4-3-5-9-17)15-20(32)29-12-13-35-24(29)18-10-6-7-11-19(18)26/h3-11,16,24H,2,12-15H2,1H3/t24-/m1/s1. The summed E-state index contributed by atoms with van der Waals surface area (Å²) in [6.45, 7) is 2.56. The summed E-state index contributed by atoms with van der Waals surface area (Å²) in [7, 11) is 0. The van der Waals surface area contributed by atoms with Crippen molar-refractivity contribution in [3.8, 4) is 0 Å². The fourth-order valence-corrected chi connectivity index (χ4v) is 5.71. The molecule has 0 saturated carbocycles. The smallest absolute Gasteiger partial charge is 0.325 e. The number of benzene rings is 2. The Morgan fingerprint density at radius 3 is 2.57 bits per heavy atom. The summed E-state index contributed by atoms with van der Waals surface area (Å²) in [6.07, 6.45) is 1.53. The first-order chi connectivity index (χ1) is 17.0. The van der Waals surface area contributed by atoms with Crippen molar-refractivity contribution < 1.29 is 9.18 Å². The molecule has 4 aromatic rings. The highest BCUT2D eigenvalue weighted by molar-refractivity contribution is 7.99. The zero-order chi connectivity index (χ0) is 24.5. The summed E-state index contributed by atoms with van der Waals surface area (Å²) in [6, 6.07) is 15.7. The number of aryl methyl sites for hydroxylation is 1. The molecular formula is C25H24FN5O3S. The van der Waals surface area contributed by atoms with Crippen LogP contribution in [-0.4, -0.2) is 41.8 Å². The average Bonchev–Trinajstić information content (AvgIpc) is 3.53. The van der Waals surface area contributed by atoms with E-state index in [1.807, 2.05) is 37.3 Å². The molecule has 2 aromatic carbocycles. The monoisotopic (exact) mass is 493 g/mol. The summed E-state index contributed by atoms with van der Waals surface area (Å²) in [4.78, 5) is 46.2. The number of hydrogen-bond donors (Lipinski definition) is 0. The molecule has 0 aliphatic carbocycles. The number of amides is 1. The number of rotatable bonds is 6. The van der Waals surface area contributed by atoms with E-state index in [0.29, 0.717) is 24.4 Å². The maximum absolute atomic E-state index is 14.4. The van der Waals surface area contributed by atoms with Crippen LogP contribution in [0.5, 0.6) is 0 Å². The van der Waals surface area contributed by atoms with Gasteiger partial charge in [-0.2, -0.15) is 0 Å². The van der Waals surface area contributed by atoms with Gasteiger partial charge >= 0.3 is 5.69 Å². The van der Waals surface area contributed by atoms with E-state index in [-0.39, 0.29) is 23.5 Å². The lowest BCUT2D eigenvalue weighted by molar-refractivity contribution is -0.132. The highest BCUT2D eigenvalue weighted by Crippen LogP contribution is 2.39. The summed E-state index contributed by atoms with van der Waals surface area (Å²) in [5.74, 6) is -0.157. The Morgan fingerprint density at radius 2 is 1.83 bits per heavy atom. The number of thioether (sulfide) groups is 1. The van der Waals surface area contributed by atoms with Crippen LogP contribution >= 0.6 is 11.8 Å². The maximum Gasteiger partial charge on any atom is 0.333 e. The molecule has 1 amide bonds. The number of aromatic nitrogens is 4. The van der Waals surface area contributed by atoms with Gasteiger partial charge in [-0.1, -0.05) is 48.5 Å². The SMILES string of the molecule is CCn1cnc2c1c(=O)n(CC(=O)N1CCS[C@@H]1c1ccccc1F)c(=O)n2Cc1ccccc1. The number of carbonyl (C=O) groups excluding carboxylic acids is 1. The second-order valence-electron chi connectivity index (χ2n) is 8.28. The van der Waals surface area contributed by atoms with Crippen molar-refractivity contribution in [2.45, 2.75) is 31.9 Å². The quantitative estimate of drug-likeness (QED) is 0.413. The van der Waals surface area contributed by atoms with E-state index in [2.05, 4.69) is 4.98 Å². The number of nitrogens with zero attached hydrogens (tertiary/aromatic N) is 5. The van der Waals surface area contributed by atoms with E-state index >= 15 is 0 Å². The van der Waals surface area contributed by atoms with E-state index in [1.54, 1.807) is 22.8 Å². The highest BCUT2D eigenvalue weighted by Gasteiger charge is 2.33. The van der Waals surface area contributed by atoms with Gasteiger partial charge in [0.1, 0.15) is 17.7 Å². The third-order valence-corrected chi connectivity index (χ3v) is 7.43. The van der Waals surface area contributed by atoms with Crippen LogP contribution < -0.4 is 11.2 Å². The minimum absolute atomic E-state index is 0.211. The molecule has 0 spiro atoms. The Balaban J connectivity index is 1.56. The summed E-state index contributed by atoms with van der Waals surface area (Å²) in [5.41, 5.74) is 0.685. The molecule has 0 bridgehead atoms. The van der Waals surface area contributed by atoms with Crippen LogP contribution in [0.15, 0.2) is 70.5 Å². The minimum atomic E-state index is -0.602. The van der Waals surface area contributed by atoms with Crippen molar-refractivity contribution in [1.29, 1.82) is 0 Å². The van der Waals surface area contributed by atoms with Gasteiger partial charge in [0, 0.05) is 24.4 Å². The Labute approximate surface area is 204 Å². The first-order valence-corrected chi connectivity index (χ1v) is 12.4. The Bertz CT molecular complexity index is 1510. The van der Waals surface area contributed by atoms with Crippen LogP contribution in [0, 0.1) is 5.82 Å². The Hall–Kier alpha value is -3.66. The van der Waals surface area contributed by atoms with Crippen molar-refractivity contribution in [3.05, 3.63) is 98.7 Å². The van der Waals surface area contributed by atoms with Gasteiger partial charge in [-0.3, -0.25) is 14.2 Å². The molecule has 2 aromatic heterocycles. The van der Waals surface area contributed by atoms with Gasteiger partial charge in [-0.05, 0) is 18.6 Å². The van der Waals surface area contributed by atoms with Crippen molar-refractivity contribution in [1.82, 2.24) is 23.6 Å². The lowest BCUT2D eigenvalue weighted by Crippen LogP contribution is -2.45. The molecule has 1 atom stereocenters. The van der Waals surface area contributed by atoms with E-state index in [1.165, 1.54) is 33.6 Å². The zero-order valence-electron chi connectivity index (χ0n) is 19.1. The highest BCUT2D eigenvalue weighted by atomic mass is 32.2. The molecule has 1 aliphatic rings. The predicted octanol–water partition coefficient (Wildman–Crippen LogP) is 2.84. The molecular weight excluding hydrogens is 469 g/mol. The van der Waals surface area contributed by atoms with E-state index < -0.39 is 29.1 Å². The van der Waals surface area contributed by atoms with Crippen LogP contribution in [0.2, 0.25) is 0 Å². The molecule has 1 fully saturated rings. The Morgan fingerprint density at radius 1 is 1.09 bits per heavy atom. The Kier molecular flexibility index (Phi) is 6.29. The van der Waals surface area contributed by atoms with Gasteiger partial charge in [0.25, 0.3) is 5.56 Å². The molecule has 1 aliphatic heterocycles. The number of carbonyl (C=O) groups is 1. The topological polar surface area (TPSA) is 82.1 Å². The van der Waals surface area contributed by atoms with Crippen LogP contribution in [0.25, 0.3) is 11.2 Å². The number of halogens is 1. The zero-order valence-corrected chi connectivity index (χ0v) is 19.9. The van der Waals surface area contributed by atoms with Crippen LogP contribution in [0.1, 0.15) is 23.4 Å². The first-order valence-electron chi connectivity index (χ1n) is 11.4. The summed E-state index contributed by atoms with van der Waals surface area (Å²) < 4.78 is 18.5. The lowest BCUT2D eigenvalue weighted by Gasteiger charge is -2.25. The van der Waals surface area contributed by atoms with Crippen molar-refractivity contribution in [2.24, 2.45) is 0 Å². The lowest BCUT2D eigenvalue weighted by atomic mass is 10.2. The second kappa shape index (κ2) is 9.53. The van der Waals surface area contributed by atoms with E-state index in [0.717, 1.165) is 10.1 Å². The van der Waals surface area contributed by atoms with E-state index in [9.17, 15) is 18.8 Å². The van der Waals surface area contributed by atoms with E-state index in [4.69, 9.17) is 0 Å². The van der Waals surface area contributed by atoms with Crippen molar-refractivity contribution >= 4 is 28.8 Å². The maximum atomic E-state index is 14.4. The molecule has 0 radical (unpaired) electrons. The molecule has 3 heterocycles. The summed E-state index contributed by atoms with van der Waals surface area (Å²) >= 11 is 1.46. The molecule has 8 nitrogen and oxygen atoms in total. The van der Waals surface area contributed by atoms with Gasteiger partial charge < -0.3 is 9.47 Å². The molecule has 35 heavy (non-hydrogen) atoms. The van der Waals surface area contributed by atoms with Crippen molar-refractivity contribution in [3.63, 3.8) is 0 Å². The molecule has 0 unspecified atom stereocenters. The normalized spacial score (nSPS) is 15.7. The van der Waals surface area contributed by atoms with Gasteiger partial charge in [0.2, 0.25) is 5.91 Å². The molecule has 180 valence electrons. The van der Waals surface area contributed by atoms with Crippen LogP contribution in [-0.2, 0) is 24.4 Å². The first kappa shape index (κ1) is 23.1. The molecule has 0 N–H and O–H groups in total. The fraction of sp³-hybridized carbons (Fsp3) is 0.280. The minimum Gasteiger partial charge on any atom is -0.325 e. The second-order valence-corrected chi connectivity index (χ2v) is 9.47. The average molecular weight is 494 g/mol. The predicted molar refractivity (Wildman–Crippen MR) is 133 cm³/mol. The van der Waals surface area contributed by atoms with Crippen molar-refractivity contribution in [2.75, 3.05) is 12.3 Å². The van der Waals surface area contributed by atoms with Gasteiger partial charge in [-0.25, -0.2) is 18.7 Å². The third kappa shape index (κ3) is 4.18. The van der Waals surface area contributed by atoms with Crippen LogP contribution in [0.3, 0.4) is 0 Å². The third-order valence-electron chi connectivity index (χ3n) is 6.18. The van der Waals surface area contributed by atoms with Gasteiger partial charge in [0.05, 0.1) is 12.9 Å². The molecule has 1 saturated heterocycles. The number of fused-ring (bicyclic) bond motifs is 1. The molecule has 5 rings (SSSR count). The molecule has 10 heteroatoms. The fourth-order valence-electron chi connectivity index (χ4n) is 4.41. The van der Waals surface area contributed by atoms with Gasteiger partial charge in [0.15, 0.2) is 11.2 Å². The summed E-state index contributed by atoms with van der Waals surface area (Å²) in [5, 5.41) is -0.504. The van der Waals surface area contributed by atoms with Crippen LogP contribution in [0.4, 0.5) is 4.39 Å².